The van der Waals surface area contributed by atoms with Crippen LogP contribution in [0, 0.1) is 5.82 Å². The molecule has 0 spiro atoms. The molecule has 0 atom stereocenters. The number of ether oxygens (including phenoxy) is 2. The van der Waals surface area contributed by atoms with Crippen LogP contribution in [-0.2, 0) is 16.0 Å². The Hall–Kier alpha value is -1.95. The van der Waals surface area contributed by atoms with Crippen molar-refractivity contribution in [2.75, 3.05) is 13.2 Å². The second-order valence-electron chi connectivity index (χ2n) is 4.55. The minimum absolute atomic E-state index is 0.0236. The van der Waals surface area contributed by atoms with Crippen molar-refractivity contribution in [3.63, 3.8) is 0 Å². The fourth-order valence-corrected chi connectivity index (χ4v) is 2.11. The lowest BCUT2D eigenvalue weighted by Crippen LogP contribution is -2.16. The molecule has 0 fully saturated rings. The first-order valence-electron chi connectivity index (χ1n) is 6.77. The van der Waals surface area contributed by atoms with Crippen LogP contribution in [0.3, 0.4) is 0 Å². The van der Waals surface area contributed by atoms with Crippen molar-refractivity contribution in [1.29, 1.82) is 0 Å². The molecule has 0 saturated heterocycles. The molecule has 0 radical (unpaired) electrons. The van der Waals surface area contributed by atoms with Crippen molar-refractivity contribution < 1.29 is 18.7 Å². The standard InChI is InChI=1S/C16H15BrFNO3/c17-13-5-6-15(14(18)9-13)22-11-16(20)21-8-2-4-12-3-1-7-19-10-12/h1,3,5-7,9-10H,2,4,8,11H2. The van der Waals surface area contributed by atoms with E-state index in [1.165, 1.54) is 12.1 Å². The van der Waals surface area contributed by atoms with Crippen LogP contribution in [-0.4, -0.2) is 24.2 Å². The monoisotopic (exact) mass is 367 g/mol. The molecule has 1 aromatic heterocycles. The molecule has 0 saturated carbocycles. The third kappa shape index (κ3) is 5.44. The number of pyridine rings is 1. The van der Waals surface area contributed by atoms with E-state index in [0.717, 1.165) is 12.0 Å². The molecular weight excluding hydrogens is 353 g/mol. The molecule has 0 bridgehead atoms. The van der Waals surface area contributed by atoms with E-state index in [9.17, 15) is 9.18 Å². The van der Waals surface area contributed by atoms with Crippen LogP contribution in [0.25, 0.3) is 0 Å². The summed E-state index contributed by atoms with van der Waals surface area (Å²) >= 11 is 3.15. The maximum atomic E-state index is 13.5. The van der Waals surface area contributed by atoms with Crippen LogP contribution in [0.5, 0.6) is 5.75 Å². The number of carbonyl (C=O) groups excluding carboxylic acids is 1. The number of halogens is 2. The van der Waals surface area contributed by atoms with Crippen molar-refractivity contribution in [3.8, 4) is 5.75 Å². The maximum absolute atomic E-state index is 13.5. The van der Waals surface area contributed by atoms with E-state index in [1.807, 2.05) is 12.1 Å². The van der Waals surface area contributed by atoms with E-state index in [4.69, 9.17) is 9.47 Å². The summed E-state index contributed by atoms with van der Waals surface area (Å²) in [6.45, 7) is -0.0225. The number of esters is 1. The van der Waals surface area contributed by atoms with Crippen molar-refractivity contribution in [3.05, 3.63) is 58.6 Å². The van der Waals surface area contributed by atoms with Crippen molar-refractivity contribution >= 4 is 21.9 Å². The molecule has 0 unspecified atom stereocenters. The first-order chi connectivity index (χ1) is 10.6. The van der Waals surface area contributed by atoms with E-state index >= 15 is 0 Å². The van der Waals surface area contributed by atoms with E-state index in [0.29, 0.717) is 17.5 Å². The third-order valence-electron chi connectivity index (χ3n) is 2.84. The zero-order valence-electron chi connectivity index (χ0n) is 11.8. The van der Waals surface area contributed by atoms with Crippen LogP contribution in [0.1, 0.15) is 12.0 Å². The average Bonchev–Trinajstić information content (AvgIpc) is 2.52. The van der Waals surface area contributed by atoms with Gasteiger partial charge in [0.1, 0.15) is 0 Å². The van der Waals surface area contributed by atoms with Crippen molar-refractivity contribution in [2.24, 2.45) is 0 Å². The van der Waals surface area contributed by atoms with Crippen LogP contribution < -0.4 is 4.74 Å². The van der Waals surface area contributed by atoms with Gasteiger partial charge < -0.3 is 9.47 Å². The lowest BCUT2D eigenvalue weighted by Gasteiger charge is -2.08. The molecule has 6 heteroatoms. The Bertz CT molecular complexity index is 622. The first-order valence-corrected chi connectivity index (χ1v) is 7.57. The Labute approximate surface area is 136 Å². The molecule has 22 heavy (non-hydrogen) atoms. The molecule has 0 aliphatic heterocycles. The van der Waals surface area contributed by atoms with Crippen LogP contribution in [0.15, 0.2) is 47.2 Å². The molecule has 2 aromatic rings. The normalized spacial score (nSPS) is 10.3. The molecule has 116 valence electrons. The molecular formula is C16H15BrFNO3. The zero-order valence-corrected chi connectivity index (χ0v) is 13.4. The van der Waals surface area contributed by atoms with Gasteiger partial charge in [0.05, 0.1) is 6.61 Å². The summed E-state index contributed by atoms with van der Waals surface area (Å²) < 4.78 is 24.2. The molecule has 0 aliphatic carbocycles. The van der Waals surface area contributed by atoms with Gasteiger partial charge in [0.15, 0.2) is 18.2 Å². The second kappa shape index (κ2) is 8.48. The largest absolute Gasteiger partial charge is 0.479 e. The summed E-state index contributed by atoms with van der Waals surface area (Å²) in [4.78, 5) is 15.5. The highest BCUT2D eigenvalue weighted by Gasteiger charge is 2.08. The van der Waals surface area contributed by atoms with Gasteiger partial charge in [-0.15, -0.1) is 0 Å². The summed E-state index contributed by atoms with van der Waals surface area (Å²) in [6.07, 6.45) is 4.97. The lowest BCUT2D eigenvalue weighted by atomic mass is 10.2. The van der Waals surface area contributed by atoms with Gasteiger partial charge in [-0.3, -0.25) is 4.98 Å². The fraction of sp³-hybridized carbons (Fsp3) is 0.250. The molecule has 0 N–H and O–H groups in total. The molecule has 0 amide bonds. The Morgan fingerprint density at radius 2 is 2.18 bits per heavy atom. The van der Waals surface area contributed by atoms with E-state index in [2.05, 4.69) is 20.9 Å². The van der Waals surface area contributed by atoms with Crippen LogP contribution in [0.4, 0.5) is 4.39 Å². The number of hydrogen-bond acceptors (Lipinski definition) is 4. The van der Waals surface area contributed by atoms with Gasteiger partial charge in [0.25, 0.3) is 0 Å². The van der Waals surface area contributed by atoms with Gasteiger partial charge in [0, 0.05) is 16.9 Å². The highest BCUT2D eigenvalue weighted by Crippen LogP contribution is 2.21. The van der Waals surface area contributed by atoms with Crippen molar-refractivity contribution in [1.82, 2.24) is 4.98 Å². The summed E-state index contributed by atoms with van der Waals surface area (Å²) in [6, 6.07) is 8.19. The lowest BCUT2D eigenvalue weighted by molar-refractivity contribution is -0.146. The third-order valence-corrected chi connectivity index (χ3v) is 3.33. The highest BCUT2D eigenvalue weighted by atomic mass is 79.9. The SMILES string of the molecule is O=C(COc1ccc(Br)cc1F)OCCCc1cccnc1. The van der Waals surface area contributed by atoms with E-state index < -0.39 is 11.8 Å². The van der Waals surface area contributed by atoms with Gasteiger partial charge in [-0.25, -0.2) is 9.18 Å². The van der Waals surface area contributed by atoms with Crippen molar-refractivity contribution in [2.45, 2.75) is 12.8 Å². The molecule has 2 rings (SSSR count). The summed E-state index contributed by atoms with van der Waals surface area (Å²) in [5, 5.41) is 0. The van der Waals surface area contributed by atoms with E-state index in [-0.39, 0.29) is 12.4 Å². The number of hydrogen-bond donors (Lipinski definition) is 0. The Morgan fingerprint density at radius 1 is 1.32 bits per heavy atom. The second-order valence-corrected chi connectivity index (χ2v) is 5.46. The Kier molecular flexibility index (Phi) is 6.33. The van der Waals surface area contributed by atoms with Crippen LogP contribution in [0.2, 0.25) is 0 Å². The number of rotatable bonds is 7. The van der Waals surface area contributed by atoms with E-state index in [1.54, 1.807) is 18.5 Å². The predicted octanol–water partition coefficient (Wildman–Crippen LogP) is 3.54. The molecule has 0 aliphatic rings. The fourth-order valence-electron chi connectivity index (χ4n) is 1.78. The molecule has 4 nitrogen and oxygen atoms in total. The maximum Gasteiger partial charge on any atom is 0.344 e. The Balaban J connectivity index is 1.65. The summed E-state index contributed by atoms with van der Waals surface area (Å²) in [7, 11) is 0. The number of aromatic nitrogens is 1. The minimum Gasteiger partial charge on any atom is -0.479 e. The minimum atomic E-state index is -0.529. The van der Waals surface area contributed by atoms with Gasteiger partial charge in [-0.05, 0) is 42.7 Å². The molecule has 1 heterocycles. The van der Waals surface area contributed by atoms with Gasteiger partial charge in [0.2, 0.25) is 0 Å². The smallest absolute Gasteiger partial charge is 0.344 e. The molecule has 1 aromatic carbocycles. The number of aryl methyl sites for hydroxylation is 1. The van der Waals surface area contributed by atoms with Crippen LogP contribution >= 0.6 is 15.9 Å². The number of carbonyl (C=O) groups is 1. The number of benzene rings is 1. The topological polar surface area (TPSA) is 48.4 Å². The van der Waals surface area contributed by atoms with Gasteiger partial charge in [-0.1, -0.05) is 22.0 Å². The van der Waals surface area contributed by atoms with Gasteiger partial charge >= 0.3 is 5.97 Å². The predicted molar refractivity (Wildman–Crippen MR) is 83.1 cm³/mol. The zero-order chi connectivity index (χ0) is 15.8. The summed E-state index contributed by atoms with van der Waals surface area (Å²) in [5.41, 5.74) is 1.09. The first kappa shape index (κ1) is 16.4. The quantitative estimate of drug-likeness (QED) is 0.554. The highest BCUT2D eigenvalue weighted by molar-refractivity contribution is 9.10. The Morgan fingerprint density at radius 3 is 2.91 bits per heavy atom. The summed E-state index contributed by atoms with van der Waals surface area (Å²) in [5.74, 6) is -1.03. The number of nitrogens with zero attached hydrogens (tertiary/aromatic N) is 1. The van der Waals surface area contributed by atoms with Gasteiger partial charge in [-0.2, -0.15) is 0 Å². The average molecular weight is 368 g/mol.